The summed E-state index contributed by atoms with van der Waals surface area (Å²) in [5.41, 5.74) is 0.463. The van der Waals surface area contributed by atoms with E-state index >= 15 is 0 Å². The highest BCUT2D eigenvalue weighted by Gasteiger charge is 2.17. The third-order valence-corrected chi connectivity index (χ3v) is 3.65. The highest BCUT2D eigenvalue weighted by Crippen LogP contribution is 2.19. The normalized spacial score (nSPS) is 15.9. The summed E-state index contributed by atoms with van der Waals surface area (Å²) in [6, 6.07) is 1.69. The number of hydrogen-bond acceptors (Lipinski definition) is 4. The van der Waals surface area contributed by atoms with E-state index < -0.39 is 0 Å². The van der Waals surface area contributed by atoms with E-state index in [1.165, 1.54) is 6.20 Å². The van der Waals surface area contributed by atoms with Crippen molar-refractivity contribution in [3.05, 3.63) is 22.8 Å². The third-order valence-electron chi connectivity index (χ3n) is 3.35. The lowest BCUT2D eigenvalue weighted by Crippen LogP contribution is -2.32. The van der Waals surface area contributed by atoms with E-state index in [1.807, 2.05) is 6.92 Å². The average molecular weight is 298 g/mol. The van der Waals surface area contributed by atoms with E-state index in [2.05, 4.69) is 15.6 Å². The summed E-state index contributed by atoms with van der Waals surface area (Å²) in [5, 5.41) is 6.38. The van der Waals surface area contributed by atoms with Crippen LogP contribution in [0.5, 0.6) is 0 Å². The molecule has 0 radical (unpaired) electrons. The number of carbonyl (C=O) groups excluding carboxylic acids is 1. The fourth-order valence-corrected chi connectivity index (χ4v) is 2.36. The molecule has 2 heterocycles. The largest absolute Gasteiger partial charge is 0.381 e. The molecule has 1 amide bonds. The van der Waals surface area contributed by atoms with Gasteiger partial charge in [0.15, 0.2) is 0 Å². The molecule has 1 fully saturated rings. The van der Waals surface area contributed by atoms with Gasteiger partial charge in [0.25, 0.3) is 5.91 Å². The second kappa shape index (κ2) is 7.45. The van der Waals surface area contributed by atoms with Crippen molar-refractivity contribution in [3.63, 3.8) is 0 Å². The van der Waals surface area contributed by atoms with Crippen molar-refractivity contribution in [2.75, 3.05) is 31.6 Å². The van der Waals surface area contributed by atoms with Gasteiger partial charge in [-0.15, -0.1) is 0 Å². The summed E-state index contributed by atoms with van der Waals surface area (Å²) in [5.74, 6) is 0.998. The molecule has 1 saturated heterocycles. The van der Waals surface area contributed by atoms with Crippen LogP contribution >= 0.6 is 11.6 Å². The topological polar surface area (TPSA) is 63.2 Å². The Kier molecular flexibility index (Phi) is 5.61. The number of aromatic nitrogens is 1. The van der Waals surface area contributed by atoms with Gasteiger partial charge in [-0.25, -0.2) is 4.98 Å². The van der Waals surface area contributed by atoms with Crippen molar-refractivity contribution >= 4 is 23.3 Å². The summed E-state index contributed by atoms with van der Waals surface area (Å²) in [6.07, 6.45) is 3.49. The van der Waals surface area contributed by atoms with Crippen molar-refractivity contribution < 1.29 is 9.53 Å². The van der Waals surface area contributed by atoms with Crippen LogP contribution < -0.4 is 10.6 Å². The lowest BCUT2D eigenvalue weighted by atomic mass is 10.0. The number of ether oxygens (including phenoxy) is 1. The standard InChI is InChI=1S/C14H20ClN3O2/c1-2-16-13-7-11(12(15)9-17-13)14(19)18-8-10-3-5-20-6-4-10/h7,9-10H,2-6,8H2,1H3,(H,16,17)(H,18,19). The summed E-state index contributed by atoms with van der Waals surface area (Å²) in [6.45, 7) is 4.94. The summed E-state index contributed by atoms with van der Waals surface area (Å²) in [7, 11) is 0. The number of rotatable bonds is 5. The van der Waals surface area contributed by atoms with Gasteiger partial charge in [-0.05, 0) is 31.7 Å². The smallest absolute Gasteiger partial charge is 0.252 e. The molecule has 1 aliphatic rings. The highest BCUT2D eigenvalue weighted by molar-refractivity contribution is 6.33. The molecule has 0 spiro atoms. The van der Waals surface area contributed by atoms with Crippen LogP contribution in [-0.2, 0) is 4.74 Å². The number of anilines is 1. The van der Waals surface area contributed by atoms with Crippen LogP contribution in [0.3, 0.4) is 0 Å². The number of carbonyl (C=O) groups is 1. The Hall–Kier alpha value is -1.33. The molecule has 1 aliphatic heterocycles. The molecule has 110 valence electrons. The molecule has 0 atom stereocenters. The van der Waals surface area contributed by atoms with Gasteiger partial charge in [-0.3, -0.25) is 4.79 Å². The van der Waals surface area contributed by atoms with E-state index in [-0.39, 0.29) is 5.91 Å². The lowest BCUT2D eigenvalue weighted by molar-refractivity contribution is 0.0642. The maximum absolute atomic E-state index is 12.2. The molecule has 1 aromatic heterocycles. The Morgan fingerprint density at radius 1 is 1.50 bits per heavy atom. The van der Waals surface area contributed by atoms with Gasteiger partial charge in [0.05, 0.1) is 10.6 Å². The first-order valence-electron chi connectivity index (χ1n) is 6.96. The monoisotopic (exact) mass is 297 g/mol. The Labute approximate surface area is 124 Å². The summed E-state index contributed by atoms with van der Waals surface area (Å²) >= 11 is 6.04. The minimum atomic E-state index is -0.150. The minimum absolute atomic E-state index is 0.150. The van der Waals surface area contributed by atoms with Gasteiger partial charge in [0, 0.05) is 32.5 Å². The maximum Gasteiger partial charge on any atom is 0.252 e. The highest BCUT2D eigenvalue weighted by atomic mass is 35.5. The number of nitrogens with one attached hydrogen (secondary N) is 2. The molecule has 0 aliphatic carbocycles. The van der Waals surface area contributed by atoms with E-state index in [0.717, 1.165) is 32.6 Å². The van der Waals surface area contributed by atoms with E-state index in [1.54, 1.807) is 6.07 Å². The Morgan fingerprint density at radius 2 is 2.25 bits per heavy atom. The second-order valence-electron chi connectivity index (χ2n) is 4.85. The zero-order valence-electron chi connectivity index (χ0n) is 11.6. The number of halogens is 1. The van der Waals surface area contributed by atoms with Crippen LogP contribution in [0.2, 0.25) is 5.02 Å². The van der Waals surface area contributed by atoms with Gasteiger partial charge in [-0.2, -0.15) is 0 Å². The first-order valence-corrected chi connectivity index (χ1v) is 7.34. The number of pyridine rings is 1. The molecule has 5 nitrogen and oxygen atoms in total. The molecule has 1 aromatic rings. The van der Waals surface area contributed by atoms with Crippen molar-refractivity contribution in [2.45, 2.75) is 19.8 Å². The van der Waals surface area contributed by atoms with Crippen LogP contribution in [0.4, 0.5) is 5.82 Å². The predicted octanol–water partition coefficient (Wildman–Crippen LogP) is 2.32. The summed E-state index contributed by atoms with van der Waals surface area (Å²) < 4.78 is 5.30. The molecule has 0 bridgehead atoms. The molecule has 2 rings (SSSR count). The van der Waals surface area contributed by atoms with Crippen molar-refractivity contribution in [1.29, 1.82) is 0 Å². The second-order valence-corrected chi connectivity index (χ2v) is 5.25. The van der Waals surface area contributed by atoms with Crippen molar-refractivity contribution in [3.8, 4) is 0 Å². The van der Waals surface area contributed by atoms with Crippen molar-refractivity contribution in [1.82, 2.24) is 10.3 Å². The molecule has 20 heavy (non-hydrogen) atoms. The van der Waals surface area contributed by atoms with Gasteiger partial charge in [-0.1, -0.05) is 11.6 Å². The van der Waals surface area contributed by atoms with Gasteiger partial charge < -0.3 is 15.4 Å². The zero-order valence-corrected chi connectivity index (χ0v) is 12.4. The molecular formula is C14H20ClN3O2. The molecule has 0 unspecified atom stereocenters. The first-order chi connectivity index (χ1) is 9.70. The van der Waals surface area contributed by atoms with Gasteiger partial charge >= 0.3 is 0 Å². The molecule has 6 heteroatoms. The number of amides is 1. The quantitative estimate of drug-likeness (QED) is 0.875. The number of hydrogen-bond donors (Lipinski definition) is 2. The lowest BCUT2D eigenvalue weighted by Gasteiger charge is -2.22. The molecule has 0 aromatic carbocycles. The Morgan fingerprint density at radius 3 is 2.95 bits per heavy atom. The molecular weight excluding hydrogens is 278 g/mol. The SMILES string of the molecule is CCNc1cc(C(=O)NCC2CCOCC2)c(Cl)cn1. The van der Waals surface area contributed by atoms with Crippen LogP contribution in [-0.4, -0.2) is 37.2 Å². The van der Waals surface area contributed by atoms with Crippen LogP contribution in [0.1, 0.15) is 30.1 Å². The van der Waals surface area contributed by atoms with E-state index in [9.17, 15) is 4.79 Å². The fraction of sp³-hybridized carbons (Fsp3) is 0.571. The molecule has 0 saturated carbocycles. The van der Waals surface area contributed by atoms with E-state index in [0.29, 0.717) is 28.9 Å². The van der Waals surface area contributed by atoms with Crippen LogP contribution in [0.25, 0.3) is 0 Å². The molecule has 2 N–H and O–H groups in total. The van der Waals surface area contributed by atoms with E-state index in [4.69, 9.17) is 16.3 Å². The average Bonchev–Trinajstić information content (AvgIpc) is 2.48. The van der Waals surface area contributed by atoms with Gasteiger partial charge in [0.2, 0.25) is 0 Å². The first kappa shape index (κ1) is 15.1. The fourth-order valence-electron chi connectivity index (χ4n) is 2.17. The summed E-state index contributed by atoms with van der Waals surface area (Å²) in [4.78, 5) is 16.3. The Bertz CT molecular complexity index is 462. The third kappa shape index (κ3) is 4.08. The minimum Gasteiger partial charge on any atom is -0.381 e. The predicted molar refractivity (Wildman–Crippen MR) is 79.3 cm³/mol. The zero-order chi connectivity index (χ0) is 14.4. The van der Waals surface area contributed by atoms with Crippen molar-refractivity contribution in [2.24, 2.45) is 5.92 Å². The maximum atomic E-state index is 12.2. The Balaban J connectivity index is 1.95. The van der Waals surface area contributed by atoms with Gasteiger partial charge in [0.1, 0.15) is 5.82 Å². The number of nitrogens with zero attached hydrogens (tertiary/aromatic N) is 1. The van der Waals surface area contributed by atoms with Crippen LogP contribution in [0, 0.1) is 5.92 Å². The van der Waals surface area contributed by atoms with Crippen LogP contribution in [0.15, 0.2) is 12.3 Å².